The number of carbonyl (C=O) groups is 1. The highest BCUT2D eigenvalue weighted by molar-refractivity contribution is 7.20. The molecule has 3 rings (SSSR count). The number of pyridine rings is 1. The van der Waals surface area contributed by atoms with Crippen molar-refractivity contribution in [2.75, 3.05) is 11.1 Å². The average Bonchev–Trinajstić information content (AvgIpc) is 2.97. The Balaban J connectivity index is 2.08. The summed E-state index contributed by atoms with van der Waals surface area (Å²) in [6.07, 6.45) is 0. The molecule has 0 spiro atoms. The van der Waals surface area contributed by atoms with Crippen molar-refractivity contribution >= 4 is 33.9 Å². The van der Waals surface area contributed by atoms with Gasteiger partial charge in [0, 0.05) is 4.88 Å². The molecule has 0 aliphatic rings. The van der Waals surface area contributed by atoms with Crippen LogP contribution in [0.1, 0.15) is 29.8 Å². The summed E-state index contributed by atoms with van der Waals surface area (Å²) >= 11 is 0.948. The molecule has 2 heterocycles. The molecule has 6 nitrogen and oxygen atoms in total. The molecule has 0 saturated carbocycles. The Bertz CT molecular complexity index is 1040. The lowest BCUT2D eigenvalue weighted by Gasteiger charge is -2.18. The van der Waals surface area contributed by atoms with Gasteiger partial charge in [-0.25, -0.2) is 13.8 Å². The van der Waals surface area contributed by atoms with Crippen LogP contribution >= 0.6 is 11.3 Å². The highest BCUT2D eigenvalue weighted by atomic mass is 32.1. The highest BCUT2D eigenvalue weighted by Gasteiger charge is 2.24. The topological polar surface area (TPSA) is 114 Å². The van der Waals surface area contributed by atoms with E-state index >= 15 is 0 Å². The Kier molecular flexibility index (Phi) is 5.05. The van der Waals surface area contributed by atoms with Crippen LogP contribution in [0.15, 0.2) is 36.4 Å². The van der Waals surface area contributed by atoms with Crippen molar-refractivity contribution in [2.45, 2.75) is 19.4 Å². The Morgan fingerprint density at radius 2 is 1.86 bits per heavy atom. The van der Waals surface area contributed by atoms with Crippen LogP contribution in [-0.2, 0) is 5.60 Å². The van der Waals surface area contributed by atoms with Crippen molar-refractivity contribution in [3.05, 3.63) is 59.2 Å². The van der Waals surface area contributed by atoms with Crippen LogP contribution in [-0.4, -0.2) is 16.0 Å². The van der Waals surface area contributed by atoms with Gasteiger partial charge in [0.1, 0.15) is 28.3 Å². The van der Waals surface area contributed by atoms with Gasteiger partial charge >= 0.3 is 0 Å². The van der Waals surface area contributed by atoms with Crippen LogP contribution < -0.4 is 16.8 Å². The molecular formula is C19H18F2N4O2S. The van der Waals surface area contributed by atoms with Crippen molar-refractivity contribution < 1.29 is 18.7 Å². The summed E-state index contributed by atoms with van der Waals surface area (Å²) in [7, 11) is 0. The number of benzene rings is 1. The summed E-state index contributed by atoms with van der Waals surface area (Å²) in [5.74, 6) is -1.86. The molecule has 146 valence electrons. The lowest BCUT2D eigenvalue weighted by Crippen LogP contribution is -2.16. The van der Waals surface area contributed by atoms with Crippen LogP contribution in [0.4, 0.5) is 25.4 Å². The maximum atomic E-state index is 14.6. The van der Waals surface area contributed by atoms with E-state index in [4.69, 9.17) is 11.5 Å². The number of nitrogens with two attached hydrogens (primary N) is 2. The van der Waals surface area contributed by atoms with Crippen LogP contribution in [0, 0.1) is 11.6 Å². The van der Waals surface area contributed by atoms with E-state index in [9.17, 15) is 18.7 Å². The van der Waals surface area contributed by atoms with E-state index in [1.54, 1.807) is 18.2 Å². The molecular weight excluding hydrogens is 386 g/mol. The fraction of sp³-hybridized carbons (Fsp3) is 0.158. The predicted molar refractivity (Wildman–Crippen MR) is 105 cm³/mol. The van der Waals surface area contributed by atoms with E-state index < -0.39 is 23.1 Å². The fourth-order valence-corrected chi connectivity index (χ4v) is 3.71. The summed E-state index contributed by atoms with van der Waals surface area (Å²) < 4.78 is 29.3. The van der Waals surface area contributed by atoms with Gasteiger partial charge < -0.3 is 21.9 Å². The number of aromatic nitrogens is 1. The number of hydrogen-bond acceptors (Lipinski definition) is 6. The number of thiophene rings is 1. The van der Waals surface area contributed by atoms with E-state index in [2.05, 4.69) is 10.3 Å². The van der Waals surface area contributed by atoms with Crippen molar-refractivity contribution in [1.82, 2.24) is 4.98 Å². The normalized spacial score (nSPS) is 11.5. The second-order valence-corrected chi connectivity index (χ2v) is 7.72. The first-order valence-corrected chi connectivity index (χ1v) is 9.03. The Morgan fingerprint density at radius 1 is 1.21 bits per heavy atom. The van der Waals surface area contributed by atoms with E-state index in [1.807, 2.05) is 0 Å². The zero-order chi connectivity index (χ0) is 20.6. The third kappa shape index (κ3) is 3.95. The first-order chi connectivity index (χ1) is 13.1. The summed E-state index contributed by atoms with van der Waals surface area (Å²) in [4.78, 5) is 16.0. The molecule has 0 aliphatic heterocycles. The number of nitrogens with one attached hydrogen (secondary N) is 1. The van der Waals surface area contributed by atoms with E-state index in [-0.39, 0.29) is 32.4 Å². The molecule has 0 bridgehead atoms. The monoisotopic (exact) mass is 404 g/mol. The molecule has 6 N–H and O–H groups in total. The molecule has 0 unspecified atom stereocenters. The molecule has 0 saturated heterocycles. The number of anilines is 3. The minimum absolute atomic E-state index is 0.0644. The lowest BCUT2D eigenvalue weighted by atomic mass is 9.96. The number of rotatable bonds is 5. The van der Waals surface area contributed by atoms with Gasteiger partial charge in [0.25, 0.3) is 5.91 Å². The van der Waals surface area contributed by atoms with Gasteiger partial charge in [0.05, 0.1) is 16.7 Å². The van der Waals surface area contributed by atoms with Gasteiger partial charge in [-0.2, -0.15) is 0 Å². The zero-order valence-corrected chi connectivity index (χ0v) is 15.9. The summed E-state index contributed by atoms with van der Waals surface area (Å²) in [6.45, 7) is 2.86. The molecule has 9 heteroatoms. The SMILES string of the molecule is CC(C)(O)c1cc(F)c(-c2cc(C(N)=O)c(Nc3cccc(N)n3)s2)c(F)c1. The standard InChI is InChI=1S/C19H18F2N4O2S/c1-19(2,27)9-6-11(20)16(12(21)7-9)13-8-10(17(23)26)18(28-13)25-15-5-3-4-14(22)24-15/h3-8,27H,1-2H3,(H2,23,26)(H3,22,24,25). The van der Waals surface area contributed by atoms with Gasteiger partial charge in [-0.1, -0.05) is 6.07 Å². The number of carbonyl (C=O) groups excluding carboxylic acids is 1. The Morgan fingerprint density at radius 3 is 2.39 bits per heavy atom. The summed E-state index contributed by atoms with van der Waals surface area (Å²) in [5.41, 5.74) is 9.49. The van der Waals surface area contributed by atoms with E-state index in [0.717, 1.165) is 23.5 Å². The fourth-order valence-electron chi connectivity index (χ4n) is 2.59. The van der Waals surface area contributed by atoms with Crippen LogP contribution in [0.5, 0.6) is 0 Å². The third-order valence-electron chi connectivity index (χ3n) is 4.00. The van der Waals surface area contributed by atoms with Crippen molar-refractivity contribution in [3.8, 4) is 10.4 Å². The smallest absolute Gasteiger partial charge is 0.251 e. The Labute approximate surface area is 163 Å². The molecule has 0 atom stereocenters. The van der Waals surface area contributed by atoms with Gasteiger partial charge in [-0.15, -0.1) is 11.3 Å². The van der Waals surface area contributed by atoms with Gasteiger partial charge in [-0.05, 0) is 49.7 Å². The largest absolute Gasteiger partial charge is 0.386 e. The molecule has 2 aromatic heterocycles. The maximum Gasteiger partial charge on any atom is 0.251 e. The van der Waals surface area contributed by atoms with Crippen LogP contribution in [0.2, 0.25) is 0 Å². The predicted octanol–water partition coefficient (Wildman–Crippen LogP) is 3.74. The minimum Gasteiger partial charge on any atom is -0.386 e. The van der Waals surface area contributed by atoms with Crippen molar-refractivity contribution in [1.29, 1.82) is 0 Å². The number of halogens is 2. The molecule has 0 aliphatic carbocycles. The van der Waals surface area contributed by atoms with Crippen molar-refractivity contribution in [2.24, 2.45) is 5.73 Å². The number of nitrogens with zero attached hydrogens (tertiary/aromatic N) is 1. The molecule has 28 heavy (non-hydrogen) atoms. The van der Waals surface area contributed by atoms with Gasteiger partial charge in [-0.3, -0.25) is 4.79 Å². The second-order valence-electron chi connectivity index (χ2n) is 6.66. The first-order valence-electron chi connectivity index (χ1n) is 8.21. The molecule has 1 aromatic carbocycles. The second kappa shape index (κ2) is 7.17. The first kappa shape index (κ1) is 19.7. The third-order valence-corrected chi connectivity index (χ3v) is 5.07. The van der Waals surface area contributed by atoms with Gasteiger partial charge in [0.15, 0.2) is 0 Å². The number of amides is 1. The number of hydrogen-bond donors (Lipinski definition) is 4. The average molecular weight is 404 g/mol. The van der Waals surface area contributed by atoms with Crippen LogP contribution in [0.25, 0.3) is 10.4 Å². The molecule has 1 amide bonds. The minimum atomic E-state index is -1.40. The zero-order valence-electron chi connectivity index (χ0n) is 15.1. The Hall–Kier alpha value is -3.04. The molecule has 0 radical (unpaired) electrons. The highest BCUT2D eigenvalue weighted by Crippen LogP contribution is 2.40. The van der Waals surface area contributed by atoms with E-state index in [1.165, 1.54) is 19.9 Å². The number of aliphatic hydroxyl groups is 1. The number of primary amides is 1. The van der Waals surface area contributed by atoms with Crippen molar-refractivity contribution in [3.63, 3.8) is 0 Å². The van der Waals surface area contributed by atoms with Crippen LogP contribution in [0.3, 0.4) is 0 Å². The lowest BCUT2D eigenvalue weighted by molar-refractivity contribution is 0.0778. The molecule has 0 fully saturated rings. The van der Waals surface area contributed by atoms with Gasteiger partial charge in [0.2, 0.25) is 0 Å². The summed E-state index contributed by atoms with van der Waals surface area (Å²) in [6, 6.07) is 8.32. The quantitative estimate of drug-likeness (QED) is 0.517. The maximum absolute atomic E-state index is 14.6. The molecule has 3 aromatic rings. The number of nitrogen functional groups attached to an aromatic ring is 1. The summed E-state index contributed by atoms with van der Waals surface area (Å²) in [5, 5.41) is 13.2. The van der Waals surface area contributed by atoms with E-state index in [0.29, 0.717) is 5.82 Å².